The number of nitrogen functional groups attached to an aromatic ring is 1. The van der Waals surface area contributed by atoms with Gasteiger partial charge in [-0.2, -0.15) is 0 Å². The van der Waals surface area contributed by atoms with Gasteiger partial charge < -0.3 is 15.2 Å². The fraction of sp³-hybridized carbons (Fsp3) is 0.647. The summed E-state index contributed by atoms with van der Waals surface area (Å²) in [6.45, 7) is 12.2. The van der Waals surface area contributed by atoms with Crippen molar-refractivity contribution < 1.29 is 9.47 Å². The predicted molar refractivity (Wildman–Crippen MR) is 86.6 cm³/mol. The van der Waals surface area contributed by atoms with Crippen molar-refractivity contribution in [3.8, 4) is 5.75 Å². The number of para-hydroxylation sites is 2. The highest BCUT2D eigenvalue weighted by atomic mass is 16.5. The van der Waals surface area contributed by atoms with Crippen LogP contribution in [0, 0.1) is 0 Å². The van der Waals surface area contributed by atoms with Crippen molar-refractivity contribution in [2.45, 2.75) is 45.3 Å². The molecule has 1 aliphatic heterocycles. The van der Waals surface area contributed by atoms with Gasteiger partial charge >= 0.3 is 0 Å². The molecule has 118 valence electrons. The van der Waals surface area contributed by atoms with E-state index in [4.69, 9.17) is 15.2 Å². The van der Waals surface area contributed by atoms with E-state index in [0.717, 1.165) is 31.8 Å². The molecule has 4 nitrogen and oxygen atoms in total. The van der Waals surface area contributed by atoms with E-state index < -0.39 is 0 Å². The molecule has 0 aliphatic carbocycles. The molecular formula is C17H28N2O2. The molecule has 0 spiro atoms. The minimum Gasteiger partial charge on any atom is -0.491 e. The Balaban J connectivity index is 1.77. The first-order chi connectivity index (χ1) is 9.77. The molecule has 0 unspecified atom stereocenters. The van der Waals surface area contributed by atoms with Crippen LogP contribution in [0.25, 0.3) is 0 Å². The normalized spacial score (nSPS) is 21.1. The molecule has 0 amide bonds. The molecule has 2 N–H and O–H groups in total. The van der Waals surface area contributed by atoms with Gasteiger partial charge in [0.25, 0.3) is 0 Å². The molecule has 1 aliphatic rings. The van der Waals surface area contributed by atoms with Crippen LogP contribution in [0.4, 0.5) is 5.69 Å². The Kier molecular flexibility index (Phi) is 4.79. The maximum Gasteiger partial charge on any atom is 0.142 e. The van der Waals surface area contributed by atoms with Crippen molar-refractivity contribution in [3.63, 3.8) is 0 Å². The number of nitrogens with two attached hydrogens (primary N) is 1. The monoisotopic (exact) mass is 292 g/mol. The summed E-state index contributed by atoms with van der Waals surface area (Å²) >= 11 is 0. The number of nitrogens with zero attached hydrogens (tertiary/aromatic N) is 1. The molecule has 1 fully saturated rings. The van der Waals surface area contributed by atoms with Crippen molar-refractivity contribution in [2.75, 3.05) is 32.0 Å². The van der Waals surface area contributed by atoms with Crippen molar-refractivity contribution in [1.82, 2.24) is 4.90 Å². The van der Waals surface area contributed by atoms with E-state index in [0.29, 0.717) is 12.3 Å². The fourth-order valence-electron chi connectivity index (χ4n) is 3.19. The minimum atomic E-state index is -0.0908. The number of morpholine rings is 1. The molecule has 0 radical (unpaired) electrons. The van der Waals surface area contributed by atoms with Crippen molar-refractivity contribution in [2.24, 2.45) is 0 Å². The number of hydrogen-bond acceptors (Lipinski definition) is 4. The third-order valence-corrected chi connectivity index (χ3v) is 3.56. The molecular weight excluding hydrogens is 264 g/mol. The lowest BCUT2D eigenvalue weighted by atomic mass is 9.99. The number of ether oxygens (including phenoxy) is 2. The zero-order valence-corrected chi connectivity index (χ0v) is 13.7. The van der Waals surface area contributed by atoms with E-state index in [1.54, 1.807) is 0 Å². The second-order valence-corrected chi connectivity index (χ2v) is 7.07. The Hall–Kier alpha value is -1.26. The van der Waals surface area contributed by atoms with Crippen LogP contribution < -0.4 is 10.5 Å². The highest BCUT2D eigenvalue weighted by Gasteiger charge is 2.37. The lowest BCUT2D eigenvalue weighted by Gasteiger charge is -2.47. The molecule has 21 heavy (non-hydrogen) atoms. The van der Waals surface area contributed by atoms with Crippen LogP contribution >= 0.6 is 0 Å². The Morgan fingerprint density at radius 2 is 1.76 bits per heavy atom. The third kappa shape index (κ3) is 4.90. The molecule has 2 rings (SSSR count). The van der Waals surface area contributed by atoms with Crippen LogP contribution in [-0.2, 0) is 4.74 Å². The molecule has 4 heteroatoms. The van der Waals surface area contributed by atoms with Gasteiger partial charge in [0.05, 0.1) is 23.5 Å². The maximum atomic E-state index is 6.09. The standard InChI is InChI=1S/C17H28N2O2/c1-16(2)12-19(13-17(3,4)21-16)10-7-11-20-15-9-6-5-8-14(15)18/h5-6,8-9H,7,10-13,18H2,1-4H3. The Bertz CT molecular complexity index is 456. The average molecular weight is 292 g/mol. The zero-order chi connectivity index (χ0) is 15.5. The van der Waals surface area contributed by atoms with E-state index >= 15 is 0 Å². The number of hydrogen-bond donors (Lipinski definition) is 1. The number of anilines is 1. The van der Waals surface area contributed by atoms with E-state index in [2.05, 4.69) is 32.6 Å². The Morgan fingerprint density at radius 1 is 1.14 bits per heavy atom. The van der Waals surface area contributed by atoms with Gasteiger partial charge in [-0.3, -0.25) is 4.90 Å². The molecule has 1 heterocycles. The fourth-order valence-corrected chi connectivity index (χ4v) is 3.19. The van der Waals surface area contributed by atoms with Gasteiger partial charge in [0.15, 0.2) is 0 Å². The molecule has 1 saturated heterocycles. The Morgan fingerprint density at radius 3 is 2.38 bits per heavy atom. The van der Waals surface area contributed by atoms with Crippen LogP contribution in [0.1, 0.15) is 34.1 Å². The third-order valence-electron chi connectivity index (χ3n) is 3.56. The van der Waals surface area contributed by atoms with Crippen molar-refractivity contribution in [1.29, 1.82) is 0 Å². The van der Waals surface area contributed by atoms with E-state index in [9.17, 15) is 0 Å². The second kappa shape index (κ2) is 6.24. The van der Waals surface area contributed by atoms with Gasteiger partial charge in [0, 0.05) is 19.6 Å². The highest BCUT2D eigenvalue weighted by Crippen LogP contribution is 2.28. The molecule has 0 aromatic heterocycles. The van der Waals surface area contributed by atoms with Crippen molar-refractivity contribution >= 4 is 5.69 Å². The largest absolute Gasteiger partial charge is 0.491 e. The topological polar surface area (TPSA) is 47.7 Å². The molecule has 0 bridgehead atoms. The van der Waals surface area contributed by atoms with Gasteiger partial charge in [-0.25, -0.2) is 0 Å². The summed E-state index contributed by atoms with van der Waals surface area (Å²) in [4.78, 5) is 2.46. The van der Waals surface area contributed by atoms with Crippen LogP contribution in [0.15, 0.2) is 24.3 Å². The molecule has 0 saturated carbocycles. The number of rotatable bonds is 5. The molecule has 1 aromatic rings. The summed E-state index contributed by atoms with van der Waals surface area (Å²) in [6.07, 6.45) is 0.987. The quantitative estimate of drug-likeness (QED) is 0.669. The summed E-state index contributed by atoms with van der Waals surface area (Å²) < 4.78 is 11.8. The first-order valence-corrected chi connectivity index (χ1v) is 7.67. The summed E-state index contributed by atoms with van der Waals surface area (Å²) in [7, 11) is 0. The predicted octanol–water partition coefficient (Wildman–Crippen LogP) is 2.93. The van der Waals surface area contributed by atoms with E-state index in [1.807, 2.05) is 24.3 Å². The lowest BCUT2D eigenvalue weighted by Crippen LogP contribution is -2.57. The number of benzene rings is 1. The zero-order valence-electron chi connectivity index (χ0n) is 13.7. The van der Waals surface area contributed by atoms with Gasteiger partial charge in [-0.1, -0.05) is 12.1 Å². The maximum absolute atomic E-state index is 6.09. The lowest BCUT2D eigenvalue weighted by molar-refractivity contribution is -0.180. The van der Waals surface area contributed by atoms with E-state index in [1.165, 1.54) is 0 Å². The van der Waals surface area contributed by atoms with Crippen LogP contribution in [-0.4, -0.2) is 42.3 Å². The molecule has 1 aromatic carbocycles. The summed E-state index contributed by atoms with van der Waals surface area (Å²) in [5.41, 5.74) is 6.38. The van der Waals surface area contributed by atoms with Gasteiger partial charge in [-0.05, 0) is 46.2 Å². The first-order valence-electron chi connectivity index (χ1n) is 7.67. The summed E-state index contributed by atoms with van der Waals surface area (Å²) in [5, 5.41) is 0. The molecule has 0 atom stereocenters. The van der Waals surface area contributed by atoms with Gasteiger partial charge in [0.1, 0.15) is 5.75 Å². The van der Waals surface area contributed by atoms with Crippen LogP contribution in [0.3, 0.4) is 0 Å². The highest BCUT2D eigenvalue weighted by molar-refractivity contribution is 5.51. The van der Waals surface area contributed by atoms with Gasteiger partial charge in [-0.15, -0.1) is 0 Å². The minimum absolute atomic E-state index is 0.0908. The van der Waals surface area contributed by atoms with Crippen LogP contribution in [0.5, 0.6) is 5.75 Å². The first kappa shape index (κ1) is 16.1. The second-order valence-electron chi connectivity index (χ2n) is 7.07. The summed E-state index contributed by atoms with van der Waals surface area (Å²) in [6, 6.07) is 7.64. The van der Waals surface area contributed by atoms with Crippen molar-refractivity contribution in [3.05, 3.63) is 24.3 Å². The average Bonchev–Trinajstić information content (AvgIpc) is 2.33. The SMILES string of the molecule is CC1(C)CN(CCCOc2ccccc2N)CC(C)(C)O1. The summed E-state index contributed by atoms with van der Waals surface area (Å²) in [5.74, 6) is 0.778. The Labute approximate surface area is 128 Å². The smallest absolute Gasteiger partial charge is 0.142 e. The van der Waals surface area contributed by atoms with Crippen LogP contribution in [0.2, 0.25) is 0 Å². The van der Waals surface area contributed by atoms with E-state index in [-0.39, 0.29) is 11.2 Å². The van der Waals surface area contributed by atoms with Gasteiger partial charge in [0.2, 0.25) is 0 Å².